The molecular formula is C15H10ClN3O2. The number of fused-ring (bicyclic) bond motifs is 1. The van der Waals surface area contributed by atoms with Gasteiger partial charge in [0.1, 0.15) is 11.0 Å². The van der Waals surface area contributed by atoms with Crippen LogP contribution in [0.5, 0.6) is 0 Å². The topological polar surface area (TPSA) is 75.1 Å². The van der Waals surface area contributed by atoms with Gasteiger partial charge in [-0.3, -0.25) is 4.98 Å². The molecule has 0 aliphatic heterocycles. The average molecular weight is 300 g/mol. The van der Waals surface area contributed by atoms with Gasteiger partial charge < -0.3 is 10.4 Å². The Balaban J connectivity index is 1.96. The third-order valence-electron chi connectivity index (χ3n) is 2.92. The molecule has 2 aromatic heterocycles. The van der Waals surface area contributed by atoms with Crippen molar-refractivity contribution >= 4 is 40.0 Å². The minimum Gasteiger partial charge on any atom is -0.478 e. The summed E-state index contributed by atoms with van der Waals surface area (Å²) in [5.41, 5.74) is 1.75. The summed E-state index contributed by atoms with van der Waals surface area (Å²) >= 11 is 5.83. The number of hydrogen-bond acceptors (Lipinski definition) is 4. The van der Waals surface area contributed by atoms with E-state index >= 15 is 0 Å². The molecule has 5 nitrogen and oxygen atoms in total. The molecule has 0 fully saturated rings. The zero-order valence-electron chi connectivity index (χ0n) is 10.7. The highest BCUT2D eigenvalue weighted by molar-refractivity contribution is 6.29. The number of aromatic nitrogens is 2. The van der Waals surface area contributed by atoms with E-state index in [9.17, 15) is 4.79 Å². The van der Waals surface area contributed by atoms with Gasteiger partial charge in [-0.25, -0.2) is 9.78 Å². The highest BCUT2D eigenvalue weighted by Crippen LogP contribution is 2.22. The van der Waals surface area contributed by atoms with Crippen LogP contribution in [0.1, 0.15) is 10.4 Å². The molecule has 0 bridgehead atoms. The molecule has 21 heavy (non-hydrogen) atoms. The summed E-state index contributed by atoms with van der Waals surface area (Å²) in [7, 11) is 0. The molecule has 2 heterocycles. The fourth-order valence-electron chi connectivity index (χ4n) is 1.99. The van der Waals surface area contributed by atoms with Crippen LogP contribution < -0.4 is 5.32 Å². The summed E-state index contributed by atoms with van der Waals surface area (Å²) in [6, 6.07) is 12.2. The summed E-state index contributed by atoms with van der Waals surface area (Å²) in [6.45, 7) is 0. The number of aromatic carboxylic acids is 1. The van der Waals surface area contributed by atoms with Crippen molar-refractivity contribution in [1.29, 1.82) is 0 Å². The smallest absolute Gasteiger partial charge is 0.335 e. The highest BCUT2D eigenvalue weighted by Gasteiger charge is 2.08. The summed E-state index contributed by atoms with van der Waals surface area (Å²) in [5, 5.41) is 13.2. The van der Waals surface area contributed by atoms with Gasteiger partial charge in [0.15, 0.2) is 0 Å². The predicted octanol–water partition coefficient (Wildman–Crippen LogP) is 3.73. The second-order valence-electron chi connectivity index (χ2n) is 4.40. The number of pyridine rings is 2. The van der Waals surface area contributed by atoms with Crippen LogP contribution in [0.25, 0.3) is 10.9 Å². The number of carboxylic acid groups (broad SMARTS) is 1. The van der Waals surface area contributed by atoms with E-state index in [1.54, 1.807) is 6.20 Å². The van der Waals surface area contributed by atoms with Gasteiger partial charge in [0.05, 0.1) is 11.1 Å². The Morgan fingerprint density at radius 1 is 1.19 bits per heavy atom. The molecule has 104 valence electrons. The predicted molar refractivity (Wildman–Crippen MR) is 81.2 cm³/mol. The normalized spacial score (nSPS) is 10.5. The molecule has 1 aromatic carbocycles. The lowest BCUT2D eigenvalue weighted by molar-refractivity contribution is 0.0697. The van der Waals surface area contributed by atoms with Crippen LogP contribution in [-0.4, -0.2) is 21.0 Å². The van der Waals surface area contributed by atoms with Gasteiger partial charge in [-0.2, -0.15) is 0 Å². The van der Waals surface area contributed by atoms with Crippen molar-refractivity contribution < 1.29 is 9.90 Å². The van der Waals surface area contributed by atoms with Crippen molar-refractivity contribution in [2.75, 3.05) is 5.32 Å². The van der Waals surface area contributed by atoms with E-state index < -0.39 is 5.97 Å². The van der Waals surface area contributed by atoms with Crippen LogP contribution in [0.2, 0.25) is 5.15 Å². The third kappa shape index (κ3) is 2.93. The summed E-state index contributed by atoms with van der Waals surface area (Å²) in [4.78, 5) is 19.3. The second kappa shape index (κ2) is 5.38. The number of anilines is 2. The second-order valence-corrected chi connectivity index (χ2v) is 4.79. The minimum atomic E-state index is -1.05. The van der Waals surface area contributed by atoms with E-state index in [2.05, 4.69) is 15.3 Å². The van der Waals surface area contributed by atoms with E-state index in [4.69, 9.17) is 16.7 Å². The lowest BCUT2D eigenvalue weighted by Crippen LogP contribution is -2.00. The lowest BCUT2D eigenvalue weighted by Gasteiger charge is -2.08. The number of hydrogen-bond donors (Lipinski definition) is 2. The first kappa shape index (κ1) is 13.3. The Hall–Kier alpha value is -2.66. The third-order valence-corrected chi connectivity index (χ3v) is 3.11. The quantitative estimate of drug-likeness (QED) is 0.721. The molecule has 0 aliphatic carbocycles. The molecule has 0 unspecified atom stereocenters. The summed E-state index contributed by atoms with van der Waals surface area (Å²) in [6.07, 6.45) is 1.73. The molecule has 0 amide bonds. The van der Waals surface area contributed by atoms with Gasteiger partial charge in [-0.05, 0) is 36.4 Å². The molecule has 0 saturated heterocycles. The van der Waals surface area contributed by atoms with E-state index in [1.807, 2.05) is 30.3 Å². The van der Waals surface area contributed by atoms with Crippen molar-refractivity contribution in [1.82, 2.24) is 9.97 Å². The van der Waals surface area contributed by atoms with Gasteiger partial charge >= 0.3 is 5.97 Å². The van der Waals surface area contributed by atoms with Crippen LogP contribution in [0.15, 0.2) is 48.7 Å². The highest BCUT2D eigenvalue weighted by atomic mass is 35.5. The van der Waals surface area contributed by atoms with Crippen molar-refractivity contribution in [3.63, 3.8) is 0 Å². The van der Waals surface area contributed by atoms with E-state index in [0.29, 0.717) is 5.82 Å². The van der Waals surface area contributed by atoms with Crippen molar-refractivity contribution in [2.24, 2.45) is 0 Å². The van der Waals surface area contributed by atoms with Crippen molar-refractivity contribution in [2.45, 2.75) is 0 Å². The molecule has 0 aliphatic rings. The van der Waals surface area contributed by atoms with Crippen molar-refractivity contribution in [3.8, 4) is 0 Å². The standard InChI is InChI=1S/C15H10ClN3O2/c16-13-7-10(15(20)21)8-14(19-13)18-11-3-4-12-9(6-11)2-1-5-17-12/h1-8H,(H,18,19)(H,20,21). The van der Waals surface area contributed by atoms with E-state index in [1.165, 1.54) is 12.1 Å². The van der Waals surface area contributed by atoms with Gasteiger partial charge in [0.25, 0.3) is 0 Å². The first-order chi connectivity index (χ1) is 10.1. The number of rotatable bonds is 3. The maximum absolute atomic E-state index is 11.0. The lowest BCUT2D eigenvalue weighted by atomic mass is 10.2. The number of carbonyl (C=O) groups is 1. The fourth-order valence-corrected chi connectivity index (χ4v) is 2.19. The molecule has 0 atom stereocenters. The van der Waals surface area contributed by atoms with Crippen LogP contribution in [0.4, 0.5) is 11.5 Å². The molecular weight excluding hydrogens is 290 g/mol. The molecule has 0 radical (unpaired) electrons. The Bertz CT molecular complexity index is 836. The van der Waals surface area contributed by atoms with Gasteiger partial charge in [-0.1, -0.05) is 17.7 Å². The monoisotopic (exact) mass is 299 g/mol. The molecule has 0 saturated carbocycles. The Labute approximate surface area is 125 Å². The molecule has 6 heteroatoms. The number of nitrogens with zero attached hydrogens (tertiary/aromatic N) is 2. The fraction of sp³-hybridized carbons (Fsp3) is 0. The summed E-state index contributed by atoms with van der Waals surface area (Å²) in [5.74, 6) is -0.673. The molecule has 3 rings (SSSR count). The SMILES string of the molecule is O=C(O)c1cc(Cl)nc(Nc2ccc3ncccc3c2)c1. The van der Waals surface area contributed by atoms with Gasteiger partial charge in [0, 0.05) is 17.3 Å². The number of benzene rings is 1. The number of carboxylic acids is 1. The average Bonchev–Trinajstić information content (AvgIpc) is 2.46. The van der Waals surface area contributed by atoms with Crippen LogP contribution in [-0.2, 0) is 0 Å². The number of halogens is 1. The summed E-state index contributed by atoms with van der Waals surface area (Å²) < 4.78 is 0. The zero-order chi connectivity index (χ0) is 14.8. The maximum Gasteiger partial charge on any atom is 0.335 e. The first-order valence-corrected chi connectivity index (χ1v) is 6.52. The molecule has 3 aromatic rings. The van der Waals surface area contributed by atoms with Crippen LogP contribution >= 0.6 is 11.6 Å². The van der Waals surface area contributed by atoms with E-state index in [0.717, 1.165) is 16.6 Å². The minimum absolute atomic E-state index is 0.0833. The van der Waals surface area contributed by atoms with Gasteiger partial charge in [0.2, 0.25) is 0 Å². The first-order valence-electron chi connectivity index (χ1n) is 6.14. The van der Waals surface area contributed by atoms with E-state index in [-0.39, 0.29) is 10.7 Å². The Kier molecular flexibility index (Phi) is 3.41. The van der Waals surface area contributed by atoms with Crippen molar-refractivity contribution in [3.05, 3.63) is 59.4 Å². The molecule has 0 spiro atoms. The van der Waals surface area contributed by atoms with Crippen LogP contribution in [0, 0.1) is 0 Å². The largest absolute Gasteiger partial charge is 0.478 e. The Morgan fingerprint density at radius 3 is 2.86 bits per heavy atom. The maximum atomic E-state index is 11.0. The molecule has 2 N–H and O–H groups in total. The van der Waals surface area contributed by atoms with Gasteiger partial charge in [-0.15, -0.1) is 0 Å². The van der Waals surface area contributed by atoms with Crippen LogP contribution in [0.3, 0.4) is 0 Å². The zero-order valence-corrected chi connectivity index (χ0v) is 11.5. The number of nitrogens with one attached hydrogen (secondary N) is 1. The Morgan fingerprint density at radius 2 is 2.05 bits per heavy atom.